The Hall–Kier alpha value is -2.91. The van der Waals surface area contributed by atoms with E-state index in [9.17, 15) is 22.8 Å². The Morgan fingerprint density at radius 1 is 1.16 bits per heavy atom. The summed E-state index contributed by atoms with van der Waals surface area (Å²) in [5, 5.41) is 3.08. The standard InChI is InChI=1S/C21H16ClF3N2O3S/c1-12(28)13-2-5-16(6-3-13)30-11-19(29)27-20-26-10-17(31-20)9-14-8-15(21(23,24)25)4-7-18(14)22/h2-8,10H,9,11H2,1H3,(H,26,27,29). The Morgan fingerprint density at radius 3 is 2.52 bits per heavy atom. The van der Waals surface area contributed by atoms with Crippen molar-refractivity contribution >= 4 is 39.8 Å². The van der Waals surface area contributed by atoms with Gasteiger partial charge in [0.15, 0.2) is 17.5 Å². The Labute approximate surface area is 184 Å². The summed E-state index contributed by atoms with van der Waals surface area (Å²) in [5.41, 5.74) is 0.0711. The molecule has 2 aromatic carbocycles. The Morgan fingerprint density at radius 2 is 1.87 bits per heavy atom. The number of halogens is 4. The lowest BCUT2D eigenvalue weighted by molar-refractivity contribution is -0.137. The molecule has 0 fully saturated rings. The average molecular weight is 469 g/mol. The molecule has 5 nitrogen and oxygen atoms in total. The Kier molecular flexibility index (Phi) is 6.97. The van der Waals surface area contributed by atoms with Crippen LogP contribution in [-0.4, -0.2) is 23.3 Å². The topological polar surface area (TPSA) is 68.3 Å². The summed E-state index contributed by atoms with van der Waals surface area (Å²) in [5.74, 6) is -0.0944. The van der Waals surface area contributed by atoms with Gasteiger partial charge in [-0.2, -0.15) is 13.2 Å². The van der Waals surface area contributed by atoms with Crippen LogP contribution in [0.15, 0.2) is 48.7 Å². The quantitative estimate of drug-likeness (QED) is 0.456. The second-order valence-electron chi connectivity index (χ2n) is 6.53. The largest absolute Gasteiger partial charge is 0.484 e. The van der Waals surface area contributed by atoms with Gasteiger partial charge in [-0.25, -0.2) is 4.98 Å². The number of hydrogen-bond acceptors (Lipinski definition) is 5. The fourth-order valence-corrected chi connectivity index (χ4v) is 3.65. The third-order valence-electron chi connectivity index (χ3n) is 4.17. The molecule has 0 atom stereocenters. The monoisotopic (exact) mass is 468 g/mol. The van der Waals surface area contributed by atoms with Gasteiger partial charge in [-0.1, -0.05) is 11.6 Å². The molecule has 0 bridgehead atoms. The van der Waals surface area contributed by atoms with Crippen LogP contribution in [0, 0.1) is 0 Å². The lowest BCUT2D eigenvalue weighted by Gasteiger charge is -2.09. The number of Topliss-reactive ketones (excluding diaryl/α,β-unsaturated/α-hetero) is 1. The molecule has 1 heterocycles. The van der Waals surface area contributed by atoms with Gasteiger partial charge in [-0.15, -0.1) is 11.3 Å². The van der Waals surface area contributed by atoms with Gasteiger partial charge in [0.1, 0.15) is 5.75 Å². The SMILES string of the molecule is CC(=O)c1ccc(OCC(=O)Nc2ncc(Cc3cc(C(F)(F)F)ccc3Cl)s2)cc1. The summed E-state index contributed by atoms with van der Waals surface area (Å²) < 4.78 is 44.1. The van der Waals surface area contributed by atoms with Crippen molar-refractivity contribution in [2.24, 2.45) is 0 Å². The summed E-state index contributed by atoms with van der Waals surface area (Å²) in [7, 11) is 0. The maximum absolute atomic E-state index is 12.9. The number of carbonyl (C=O) groups is 2. The third-order valence-corrected chi connectivity index (χ3v) is 5.45. The van der Waals surface area contributed by atoms with Crippen molar-refractivity contribution in [2.45, 2.75) is 19.5 Å². The number of ether oxygens (including phenoxy) is 1. The molecule has 10 heteroatoms. The number of nitrogens with zero attached hydrogens (tertiary/aromatic N) is 1. The minimum Gasteiger partial charge on any atom is -0.484 e. The van der Waals surface area contributed by atoms with Crippen LogP contribution in [0.25, 0.3) is 0 Å². The van der Waals surface area contributed by atoms with Gasteiger partial charge in [-0.3, -0.25) is 14.9 Å². The number of thiazole rings is 1. The van der Waals surface area contributed by atoms with Gasteiger partial charge in [-0.05, 0) is 55.0 Å². The molecule has 0 aliphatic rings. The maximum Gasteiger partial charge on any atom is 0.416 e. The number of hydrogen-bond donors (Lipinski definition) is 1. The summed E-state index contributed by atoms with van der Waals surface area (Å²) in [6.07, 6.45) is -2.84. The molecular formula is C21H16ClF3N2O3S. The molecule has 1 aromatic heterocycles. The normalized spacial score (nSPS) is 11.3. The van der Waals surface area contributed by atoms with E-state index in [1.807, 2.05) is 0 Å². The van der Waals surface area contributed by atoms with E-state index in [0.717, 1.165) is 23.5 Å². The smallest absolute Gasteiger partial charge is 0.416 e. The van der Waals surface area contributed by atoms with Crippen LogP contribution in [0.4, 0.5) is 18.3 Å². The van der Waals surface area contributed by atoms with Crippen LogP contribution in [0.5, 0.6) is 5.75 Å². The van der Waals surface area contributed by atoms with Crippen molar-refractivity contribution in [1.82, 2.24) is 4.98 Å². The molecule has 0 unspecified atom stereocenters. The Bertz CT molecular complexity index is 1100. The fourth-order valence-electron chi connectivity index (χ4n) is 2.61. The summed E-state index contributed by atoms with van der Waals surface area (Å²) >= 11 is 7.15. The van der Waals surface area contributed by atoms with Crippen LogP contribution < -0.4 is 10.1 Å². The van der Waals surface area contributed by atoms with Crippen molar-refractivity contribution in [2.75, 3.05) is 11.9 Å². The van der Waals surface area contributed by atoms with E-state index < -0.39 is 17.6 Å². The first-order chi connectivity index (χ1) is 14.6. The molecule has 0 saturated carbocycles. The van der Waals surface area contributed by atoms with Gasteiger partial charge >= 0.3 is 6.18 Å². The summed E-state index contributed by atoms with van der Waals surface area (Å²) in [6.45, 7) is 1.18. The highest BCUT2D eigenvalue weighted by Crippen LogP contribution is 2.33. The van der Waals surface area contributed by atoms with Crippen molar-refractivity contribution in [1.29, 1.82) is 0 Å². The zero-order valence-electron chi connectivity index (χ0n) is 16.1. The molecule has 3 rings (SSSR count). The average Bonchev–Trinajstić information content (AvgIpc) is 3.14. The second-order valence-corrected chi connectivity index (χ2v) is 8.05. The molecule has 1 N–H and O–H groups in total. The van der Waals surface area contributed by atoms with Crippen LogP contribution >= 0.6 is 22.9 Å². The molecule has 0 radical (unpaired) electrons. The molecule has 1 amide bonds. The fraction of sp³-hybridized carbons (Fsp3) is 0.190. The summed E-state index contributed by atoms with van der Waals surface area (Å²) in [4.78, 5) is 28.0. The Balaban J connectivity index is 1.57. The van der Waals surface area contributed by atoms with Crippen LogP contribution in [0.1, 0.15) is 33.3 Å². The highest BCUT2D eigenvalue weighted by Gasteiger charge is 2.30. The van der Waals surface area contributed by atoms with E-state index in [4.69, 9.17) is 16.3 Å². The van der Waals surface area contributed by atoms with Crippen LogP contribution in [0.3, 0.4) is 0 Å². The highest BCUT2D eigenvalue weighted by atomic mass is 35.5. The van der Waals surface area contributed by atoms with Crippen LogP contribution in [0.2, 0.25) is 5.02 Å². The second kappa shape index (κ2) is 9.49. The van der Waals surface area contributed by atoms with Gasteiger partial charge in [0, 0.05) is 28.1 Å². The minimum atomic E-state index is -4.46. The molecule has 3 aromatic rings. The molecule has 0 spiro atoms. The highest BCUT2D eigenvalue weighted by molar-refractivity contribution is 7.15. The minimum absolute atomic E-state index is 0.0738. The summed E-state index contributed by atoms with van der Waals surface area (Å²) in [6, 6.07) is 9.52. The number of aromatic nitrogens is 1. The number of anilines is 1. The van der Waals surface area contributed by atoms with Crippen LogP contribution in [-0.2, 0) is 17.4 Å². The third kappa shape index (κ3) is 6.28. The molecular weight excluding hydrogens is 453 g/mol. The predicted molar refractivity (Wildman–Crippen MR) is 112 cm³/mol. The van der Waals surface area contributed by atoms with E-state index in [0.29, 0.717) is 26.9 Å². The lowest BCUT2D eigenvalue weighted by atomic mass is 10.1. The van der Waals surface area contributed by atoms with E-state index in [-0.39, 0.29) is 23.8 Å². The molecule has 0 aliphatic carbocycles. The van der Waals surface area contributed by atoms with Gasteiger partial charge < -0.3 is 4.74 Å². The van der Waals surface area contributed by atoms with Crippen molar-refractivity contribution in [3.63, 3.8) is 0 Å². The number of alkyl halides is 3. The van der Waals surface area contributed by atoms with E-state index >= 15 is 0 Å². The number of benzene rings is 2. The van der Waals surface area contributed by atoms with E-state index in [1.54, 1.807) is 24.3 Å². The van der Waals surface area contributed by atoms with Gasteiger partial charge in [0.25, 0.3) is 5.91 Å². The van der Waals surface area contributed by atoms with Crippen molar-refractivity contribution in [3.8, 4) is 5.75 Å². The molecule has 31 heavy (non-hydrogen) atoms. The molecule has 162 valence electrons. The van der Waals surface area contributed by atoms with Crippen molar-refractivity contribution < 1.29 is 27.5 Å². The molecule has 0 aliphatic heterocycles. The number of amides is 1. The zero-order valence-corrected chi connectivity index (χ0v) is 17.7. The number of carbonyl (C=O) groups excluding carboxylic acids is 2. The zero-order chi connectivity index (χ0) is 22.6. The van der Waals surface area contributed by atoms with Crippen molar-refractivity contribution in [3.05, 3.63) is 75.3 Å². The van der Waals surface area contributed by atoms with E-state index in [1.165, 1.54) is 19.2 Å². The number of ketones is 1. The number of nitrogens with one attached hydrogen (secondary N) is 1. The lowest BCUT2D eigenvalue weighted by Crippen LogP contribution is -2.20. The van der Waals surface area contributed by atoms with E-state index in [2.05, 4.69) is 10.3 Å². The molecule has 0 saturated heterocycles. The van der Waals surface area contributed by atoms with Gasteiger partial charge in [0.2, 0.25) is 0 Å². The first kappa shape index (κ1) is 22.8. The van der Waals surface area contributed by atoms with Gasteiger partial charge in [0.05, 0.1) is 5.56 Å². The predicted octanol–water partition coefficient (Wildman–Crippen LogP) is 5.63. The first-order valence-electron chi connectivity index (χ1n) is 8.96. The number of rotatable bonds is 7. The first-order valence-corrected chi connectivity index (χ1v) is 10.2. The maximum atomic E-state index is 12.9.